The summed E-state index contributed by atoms with van der Waals surface area (Å²) in [4.78, 5) is 0. The van der Waals surface area contributed by atoms with Crippen LogP contribution in [0.1, 0.15) is 0 Å². The van der Waals surface area contributed by atoms with Crippen LogP contribution in [0.25, 0.3) is 0 Å². The smallest absolute Gasteiger partial charge is 0.241 e. The van der Waals surface area contributed by atoms with E-state index in [2.05, 4.69) is 10.2 Å². The first-order valence-corrected chi connectivity index (χ1v) is 5.00. The van der Waals surface area contributed by atoms with Gasteiger partial charge in [0.05, 0.1) is 0 Å². The first kappa shape index (κ1) is 9.46. The predicted molar refractivity (Wildman–Crippen MR) is 52.1 cm³/mol. The van der Waals surface area contributed by atoms with E-state index >= 15 is 0 Å². The van der Waals surface area contributed by atoms with Crippen LogP contribution in [0.2, 0.25) is 0 Å². The van der Waals surface area contributed by atoms with Crippen molar-refractivity contribution < 1.29 is 4.52 Å². The fraction of sp³-hybridized carbons (Fsp3) is 0.250. The average molecular weight is 184 g/mol. The number of hydrogen-bond acceptors (Lipinski definition) is 3. The van der Waals surface area contributed by atoms with E-state index in [4.69, 9.17) is 4.52 Å². The van der Waals surface area contributed by atoms with Crippen molar-refractivity contribution in [1.29, 1.82) is 0 Å². The van der Waals surface area contributed by atoms with Crippen LogP contribution in [-0.2, 0) is 0 Å². The third-order valence-electron chi connectivity index (χ3n) is 1.35. The molecule has 1 aromatic rings. The number of nitrogens with one attached hydrogen (secondary N) is 2. The first-order chi connectivity index (χ1) is 5.86. The molecule has 0 saturated heterocycles. The topological polar surface area (TPSA) is 33.3 Å². The van der Waals surface area contributed by atoms with Crippen molar-refractivity contribution in [3.8, 4) is 5.75 Å². The second kappa shape index (κ2) is 5.09. The van der Waals surface area contributed by atoms with Gasteiger partial charge in [-0.1, -0.05) is 18.2 Å². The minimum absolute atomic E-state index is 0.733. The zero-order chi connectivity index (χ0) is 8.81. The minimum Gasteiger partial charge on any atom is -0.445 e. The molecule has 1 aromatic carbocycles. The molecule has 0 atom stereocenters. The Morgan fingerprint density at radius 1 is 1.08 bits per heavy atom. The predicted octanol–water partition coefficient (Wildman–Crippen LogP) is 1.73. The summed E-state index contributed by atoms with van der Waals surface area (Å²) in [5, 5.41) is 6.06. The lowest BCUT2D eigenvalue weighted by Gasteiger charge is -2.14. The molecule has 0 amide bonds. The minimum atomic E-state index is -0.733. The lowest BCUT2D eigenvalue weighted by Crippen LogP contribution is -2.14. The van der Waals surface area contributed by atoms with E-state index in [1.807, 2.05) is 44.4 Å². The molecular weight excluding hydrogens is 171 g/mol. The lowest BCUT2D eigenvalue weighted by atomic mass is 10.3. The van der Waals surface area contributed by atoms with Crippen molar-refractivity contribution in [2.75, 3.05) is 14.1 Å². The van der Waals surface area contributed by atoms with Gasteiger partial charge >= 0.3 is 0 Å². The third-order valence-corrected chi connectivity index (χ3v) is 2.55. The maximum absolute atomic E-state index is 5.56. The second-order valence-corrected chi connectivity index (χ2v) is 3.81. The van der Waals surface area contributed by atoms with Gasteiger partial charge in [0.15, 0.2) is 0 Å². The SMILES string of the molecule is CNP(NC)Oc1ccccc1. The summed E-state index contributed by atoms with van der Waals surface area (Å²) in [6, 6.07) is 9.74. The Morgan fingerprint density at radius 3 is 2.17 bits per heavy atom. The molecule has 0 unspecified atom stereocenters. The number of hydrogen-bond donors (Lipinski definition) is 2. The molecule has 0 aliphatic heterocycles. The molecule has 0 fully saturated rings. The molecule has 4 heteroatoms. The van der Waals surface area contributed by atoms with Crippen LogP contribution in [0.15, 0.2) is 30.3 Å². The van der Waals surface area contributed by atoms with Crippen LogP contribution < -0.4 is 14.7 Å². The molecule has 2 N–H and O–H groups in total. The van der Waals surface area contributed by atoms with Gasteiger partial charge in [0, 0.05) is 0 Å². The molecule has 12 heavy (non-hydrogen) atoms. The summed E-state index contributed by atoms with van der Waals surface area (Å²) in [5.74, 6) is 0.882. The van der Waals surface area contributed by atoms with Gasteiger partial charge in [-0.2, -0.15) is 0 Å². The molecule has 0 radical (unpaired) electrons. The molecule has 0 aliphatic rings. The normalized spacial score (nSPS) is 10.2. The highest BCUT2D eigenvalue weighted by atomic mass is 31.2. The Morgan fingerprint density at radius 2 is 1.67 bits per heavy atom. The number of para-hydroxylation sites is 1. The van der Waals surface area contributed by atoms with Gasteiger partial charge in [-0.15, -0.1) is 0 Å². The molecule has 0 saturated carbocycles. The van der Waals surface area contributed by atoms with Crippen molar-refractivity contribution in [3.05, 3.63) is 30.3 Å². The number of rotatable bonds is 4. The standard InChI is InChI=1S/C8H13N2OP/c1-9-12(10-2)11-8-6-4-3-5-7-8/h3-7,9-10H,1-2H3. The fourth-order valence-electron chi connectivity index (χ4n) is 0.790. The molecule has 0 aliphatic carbocycles. The number of benzene rings is 1. The summed E-state index contributed by atoms with van der Waals surface area (Å²) >= 11 is 0. The molecule has 0 heterocycles. The van der Waals surface area contributed by atoms with Crippen LogP contribution in [0, 0.1) is 0 Å². The first-order valence-electron chi connectivity index (χ1n) is 3.74. The molecule has 66 valence electrons. The summed E-state index contributed by atoms with van der Waals surface area (Å²) < 4.78 is 5.56. The maximum Gasteiger partial charge on any atom is 0.241 e. The highest BCUT2D eigenvalue weighted by Crippen LogP contribution is 2.27. The van der Waals surface area contributed by atoms with Crippen LogP contribution in [0.3, 0.4) is 0 Å². The Kier molecular flexibility index (Phi) is 4.01. The Hall–Kier alpha value is -0.630. The highest BCUT2D eigenvalue weighted by Gasteiger charge is 2.03. The average Bonchev–Trinajstić information content (AvgIpc) is 2.16. The van der Waals surface area contributed by atoms with E-state index in [9.17, 15) is 0 Å². The molecule has 0 spiro atoms. The van der Waals surface area contributed by atoms with Crippen LogP contribution >= 0.6 is 8.45 Å². The van der Waals surface area contributed by atoms with Crippen LogP contribution in [0.5, 0.6) is 5.75 Å². The van der Waals surface area contributed by atoms with E-state index in [1.165, 1.54) is 0 Å². The largest absolute Gasteiger partial charge is 0.445 e. The van der Waals surface area contributed by atoms with Gasteiger partial charge in [-0.05, 0) is 26.2 Å². The maximum atomic E-state index is 5.56. The van der Waals surface area contributed by atoms with Crippen LogP contribution in [-0.4, -0.2) is 14.1 Å². The monoisotopic (exact) mass is 184 g/mol. The summed E-state index contributed by atoms with van der Waals surface area (Å²) in [6.07, 6.45) is 0. The Bertz CT molecular complexity index is 214. The van der Waals surface area contributed by atoms with Gasteiger partial charge in [-0.25, -0.2) is 0 Å². The van der Waals surface area contributed by atoms with Gasteiger partial charge in [0.25, 0.3) is 0 Å². The van der Waals surface area contributed by atoms with Gasteiger partial charge in [0.1, 0.15) is 5.75 Å². The van der Waals surface area contributed by atoms with Gasteiger partial charge < -0.3 is 4.52 Å². The summed E-state index contributed by atoms with van der Waals surface area (Å²) in [7, 11) is 3.00. The van der Waals surface area contributed by atoms with Gasteiger partial charge in [0.2, 0.25) is 8.45 Å². The highest BCUT2D eigenvalue weighted by molar-refractivity contribution is 7.48. The summed E-state index contributed by atoms with van der Waals surface area (Å²) in [5.41, 5.74) is 0. The van der Waals surface area contributed by atoms with E-state index < -0.39 is 8.45 Å². The molecule has 1 rings (SSSR count). The van der Waals surface area contributed by atoms with Crippen molar-refractivity contribution >= 4 is 8.45 Å². The summed E-state index contributed by atoms with van der Waals surface area (Å²) in [6.45, 7) is 0. The van der Waals surface area contributed by atoms with E-state index in [0.717, 1.165) is 5.75 Å². The van der Waals surface area contributed by atoms with Crippen LogP contribution in [0.4, 0.5) is 0 Å². The fourth-order valence-corrected chi connectivity index (χ4v) is 1.53. The molecule has 0 aromatic heterocycles. The van der Waals surface area contributed by atoms with Crippen molar-refractivity contribution in [2.45, 2.75) is 0 Å². The quantitative estimate of drug-likeness (QED) is 0.699. The molecular formula is C8H13N2OP. The van der Waals surface area contributed by atoms with Gasteiger partial charge in [-0.3, -0.25) is 10.2 Å². The third kappa shape index (κ3) is 2.78. The molecule has 3 nitrogen and oxygen atoms in total. The second-order valence-electron chi connectivity index (χ2n) is 2.15. The van der Waals surface area contributed by atoms with Crippen molar-refractivity contribution in [1.82, 2.24) is 10.2 Å². The zero-order valence-electron chi connectivity index (χ0n) is 7.24. The zero-order valence-corrected chi connectivity index (χ0v) is 8.14. The van der Waals surface area contributed by atoms with E-state index in [-0.39, 0.29) is 0 Å². The Balaban J connectivity index is 2.51. The van der Waals surface area contributed by atoms with E-state index in [1.54, 1.807) is 0 Å². The van der Waals surface area contributed by atoms with E-state index in [0.29, 0.717) is 0 Å². The van der Waals surface area contributed by atoms with Crippen molar-refractivity contribution in [3.63, 3.8) is 0 Å². The Labute approximate surface area is 74.1 Å². The van der Waals surface area contributed by atoms with Crippen molar-refractivity contribution in [2.24, 2.45) is 0 Å². The molecule has 0 bridgehead atoms. The lowest BCUT2D eigenvalue weighted by molar-refractivity contribution is 0.594.